The van der Waals surface area contributed by atoms with Crippen LogP contribution >= 0.6 is 0 Å². The molecule has 0 amide bonds. The Balaban J connectivity index is 2.19. The summed E-state index contributed by atoms with van der Waals surface area (Å²) in [6.07, 6.45) is 0. The van der Waals surface area contributed by atoms with Crippen molar-refractivity contribution in [2.75, 3.05) is 0 Å². The first-order valence-electron chi connectivity index (χ1n) is 10.8. The van der Waals surface area contributed by atoms with Crippen LogP contribution in [-0.4, -0.2) is 0 Å². The molecule has 0 unspecified atom stereocenters. The fraction of sp³-hybridized carbons (Fsp3) is 0.250. The van der Waals surface area contributed by atoms with Gasteiger partial charge in [0.2, 0.25) is 5.69 Å². The third kappa shape index (κ3) is 2.44. The molecule has 0 spiro atoms. The van der Waals surface area contributed by atoms with Crippen molar-refractivity contribution in [1.82, 2.24) is 0 Å². The van der Waals surface area contributed by atoms with Crippen LogP contribution < -0.4 is 4.57 Å². The zero-order chi connectivity index (χ0) is 22.8. The molecule has 27 heavy (non-hydrogen) atoms. The Kier molecular flexibility index (Phi) is 2.89. The summed E-state index contributed by atoms with van der Waals surface area (Å²) in [5.41, 5.74) is 6.43. The van der Waals surface area contributed by atoms with Crippen molar-refractivity contribution in [2.24, 2.45) is 7.05 Å². The molecule has 134 valence electrons. The summed E-state index contributed by atoms with van der Waals surface area (Å²) in [5, 5.41) is 1.87. The Morgan fingerprint density at radius 2 is 1.89 bits per heavy atom. The van der Waals surface area contributed by atoms with Crippen LogP contribution in [0.25, 0.3) is 38.0 Å². The fourth-order valence-electron chi connectivity index (χ4n) is 3.83. The average Bonchev–Trinajstić information content (AvgIpc) is 3.06. The number of benzene rings is 2. The van der Waals surface area contributed by atoms with Gasteiger partial charge in [0, 0.05) is 33.4 Å². The first-order valence-corrected chi connectivity index (χ1v) is 8.82. The van der Waals surface area contributed by atoms with E-state index in [1.54, 1.807) is 37.6 Å². The van der Waals surface area contributed by atoms with Crippen LogP contribution in [0.2, 0.25) is 0 Å². The number of aromatic nitrogens is 1. The van der Waals surface area contributed by atoms with Crippen molar-refractivity contribution in [3.8, 4) is 11.3 Å². The molecule has 3 heteroatoms. The molecule has 0 aliphatic carbocycles. The summed E-state index contributed by atoms with van der Waals surface area (Å²) < 4.78 is 40.7. The summed E-state index contributed by atoms with van der Waals surface area (Å²) in [5.74, 6) is 0. The number of fused-ring (bicyclic) bond motifs is 3. The molecule has 0 atom stereocenters. The second-order valence-corrected chi connectivity index (χ2v) is 7.10. The summed E-state index contributed by atoms with van der Waals surface area (Å²) in [7, 11) is 1.79. The van der Waals surface area contributed by atoms with Crippen LogP contribution in [0.3, 0.4) is 0 Å². The lowest BCUT2D eigenvalue weighted by molar-refractivity contribution is -0.667. The van der Waals surface area contributed by atoms with Crippen molar-refractivity contribution < 1.29 is 14.5 Å². The lowest BCUT2D eigenvalue weighted by Gasteiger charge is -2.11. The molecule has 4 rings (SSSR count). The minimum absolute atomic E-state index is 0.176. The first kappa shape index (κ1) is 13.1. The molecule has 4 aromatic rings. The van der Waals surface area contributed by atoms with Crippen molar-refractivity contribution in [2.45, 2.75) is 34.5 Å². The average molecular weight is 359 g/mol. The van der Waals surface area contributed by atoms with Gasteiger partial charge in [0.15, 0.2) is 11.4 Å². The second kappa shape index (κ2) is 5.96. The number of hydrogen-bond donors (Lipinski definition) is 0. The van der Waals surface area contributed by atoms with Gasteiger partial charge < -0.3 is 4.42 Å². The smallest absolute Gasteiger partial charge is 0.216 e. The third-order valence-electron chi connectivity index (χ3n) is 5.37. The maximum Gasteiger partial charge on any atom is 0.216 e. The Labute approximate surface area is 165 Å². The van der Waals surface area contributed by atoms with E-state index >= 15 is 0 Å². The minimum Gasteiger partial charge on any atom is -0.456 e. The van der Waals surface area contributed by atoms with Crippen LogP contribution in [0.5, 0.6) is 0 Å². The molecule has 2 aromatic carbocycles. The highest BCUT2D eigenvalue weighted by atomic mass is 16.3. The van der Waals surface area contributed by atoms with Gasteiger partial charge in [0.25, 0.3) is 0 Å². The highest BCUT2D eigenvalue weighted by Crippen LogP contribution is 2.40. The lowest BCUT2D eigenvalue weighted by Crippen LogP contribution is -2.36. The normalized spacial score (nSPS) is 13.9. The van der Waals surface area contributed by atoms with Crippen molar-refractivity contribution in [1.29, 1.82) is 0 Å². The van der Waals surface area contributed by atoms with E-state index in [1.807, 2.05) is 19.9 Å². The highest BCUT2D eigenvalue weighted by Gasteiger charge is 2.24. The van der Waals surface area contributed by atoms with E-state index in [0.717, 1.165) is 27.5 Å². The predicted octanol–water partition coefficient (Wildman–Crippen LogP) is 6.17. The van der Waals surface area contributed by atoms with Gasteiger partial charge in [-0.05, 0) is 50.4 Å². The van der Waals surface area contributed by atoms with Gasteiger partial charge in [-0.2, -0.15) is 4.57 Å². The molecule has 0 saturated carbocycles. The Morgan fingerprint density at radius 1 is 1.11 bits per heavy atom. The van der Waals surface area contributed by atoms with Gasteiger partial charge in [0.05, 0.1) is 13.5 Å². The number of aryl methyl sites for hydroxylation is 2. The molecule has 0 saturated heterocycles. The van der Waals surface area contributed by atoms with Crippen molar-refractivity contribution in [3.05, 3.63) is 69.7 Å². The third-order valence-corrected chi connectivity index (χ3v) is 5.37. The monoisotopic (exact) mass is 359 g/mol. The highest BCUT2D eigenvalue weighted by molar-refractivity contribution is 6.12. The molecule has 0 radical (unpaired) electrons. The topological polar surface area (TPSA) is 21.4 Å². The zero-order valence-corrected chi connectivity index (χ0v) is 16.1. The van der Waals surface area contributed by atoms with E-state index in [9.17, 15) is 0 Å². The maximum atomic E-state index is 8.86. The van der Waals surface area contributed by atoms with Gasteiger partial charge >= 0.3 is 0 Å². The largest absolute Gasteiger partial charge is 0.456 e. The molecule has 0 aliphatic rings. The Morgan fingerprint density at radius 3 is 2.59 bits per heavy atom. The van der Waals surface area contributed by atoms with Gasteiger partial charge in [-0.3, -0.25) is 0 Å². The summed E-state index contributed by atoms with van der Waals surface area (Å²) >= 11 is 0. The van der Waals surface area contributed by atoms with E-state index < -0.39 is 6.85 Å². The number of nitrogens with zero attached hydrogens (tertiary/aromatic N) is 2. The van der Waals surface area contributed by atoms with Gasteiger partial charge in [-0.15, -0.1) is 0 Å². The van der Waals surface area contributed by atoms with Gasteiger partial charge in [-0.25, -0.2) is 4.85 Å². The van der Waals surface area contributed by atoms with Crippen molar-refractivity contribution >= 4 is 27.6 Å². The summed E-state index contributed by atoms with van der Waals surface area (Å²) in [6, 6.07) is 7.65. The first-order chi connectivity index (χ1) is 14.5. The predicted molar refractivity (Wildman–Crippen MR) is 110 cm³/mol. The number of furan rings is 1. The Hall–Kier alpha value is -3.12. The maximum absolute atomic E-state index is 8.86. The molecule has 0 bridgehead atoms. The SMILES string of the molecule is [2H]c1c(C)c(C([2H])([2H])[2H])c(C)[n+](C)c1-c1c(C)cc(C)c2c1oc1cc([N+]#[C-])ccc12. The number of rotatable bonds is 1. The van der Waals surface area contributed by atoms with E-state index in [-0.39, 0.29) is 11.6 Å². The van der Waals surface area contributed by atoms with Crippen LogP contribution in [-0.2, 0) is 7.05 Å². The van der Waals surface area contributed by atoms with Crippen LogP contribution in [0.1, 0.15) is 33.4 Å². The number of hydrogen-bond acceptors (Lipinski definition) is 1. The lowest BCUT2D eigenvalue weighted by atomic mass is 9.95. The molecule has 2 aromatic heterocycles. The summed E-state index contributed by atoms with van der Waals surface area (Å²) in [4.78, 5) is 3.50. The molecule has 3 nitrogen and oxygen atoms in total. The van der Waals surface area contributed by atoms with E-state index in [0.29, 0.717) is 33.8 Å². The van der Waals surface area contributed by atoms with E-state index in [4.69, 9.17) is 16.5 Å². The van der Waals surface area contributed by atoms with Gasteiger partial charge in [0.1, 0.15) is 18.2 Å². The standard InChI is InChI=1S/C24H23N2O/c1-13-11-20(26(7)17(5)16(13)4)23-15(3)10-14(2)22-19-9-8-18(25-6)12-21(19)27-24(22)23/h8-12H,1-5,7H3/q+1/i4D3,11D. The Bertz CT molecular complexity index is 1410. The van der Waals surface area contributed by atoms with Crippen LogP contribution in [0, 0.1) is 41.1 Å². The quantitative estimate of drug-likeness (QED) is 0.294. The number of pyridine rings is 1. The molecule has 0 N–H and O–H groups in total. The zero-order valence-electron chi connectivity index (χ0n) is 20.1. The molecule has 0 fully saturated rings. The molecular formula is C24H23N2O+. The van der Waals surface area contributed by atoms with Crippen LogP contribution in [0.15, 0.2) is 34.7 Å². The fourth-order valence-corrected chi connectivity index (χ4v) is 3.83. The molecule has 0 aliphatic heterocycles. The van der Waals surface area contributed by atoms with Crippen LogP contribution in [0.4, 0.5) is 5.69 Å². The molecular weight excluding hydrogens is 332 g/mol. The van der Waals surface area contributed by atoms with E-state index in [1.165, 1.54) is 0 Å². The second-order valence-electron chi connectivity index (χ2n) is 7.10. The minimum atomic E-state index is -2.30. The van der Waals surface area contributed by atoms with Crippen molar-refractivity contribution in [3.63, 3.8) is 0 Å². The van der Waals surface area contributed by atoms with E-state index in [2.05, 4.69) is 10.9 Å². The van der Waals surface area contributed by atoms with Gasteiger partial charge in [-0.1, -0.05) is 18.2 Å². The summed E-state index contributed by atoms with van der Waals surface area (Å²) in [6.45, 7) is 12.5. The molecule has 2 heterocycles.